The molecule has 0 unspecified atom stereocenters. The van der Waals surface area contributed by atoms with Gasteiger partial charge in [-0.05, 0) is 34.7 Å². The Morgan fingerprint density at radius 3 is 1.56 bits per heavy atom. The lowest BCUT2D eigenvalue weighted by Gasteiger charge is -1.80. The number of hydrogen-bond donors (Lipinski definition) is 5. The third-order valence-corrected chi connectivity index (χ3v) is 1.45. The molecule has 0 atom stereocenters. The molecule has 0 aliphatic carbocycles. The molecule has 7 nitrogen and oxygen atoms in total. The number of nitrogens with two attached hydrogens (primary N) is 2. The second kappa shape index (κ2) is 9.33. The van der Waals surface area contributed by atoms with E-state index in [1.54, 1.807) is 0 Å². The SMILES string of the molecule is Ic1ccccc1.N=C(N)N.O=S(=O)(O)O. The molecular formula is C7H12IN3O4S. The fourth-order valence-electron chi connectivity index (χ4n) is 0.415. The fourth-order valence-corrected chi connectivity index (χ4v) is 0.830. The van der Waals surface area contributed by atoms with Gasteiger partial charge in [-0.25, -0.2) is 0 Å². The van der Waals surface area contributed by atoms with Crippen molar-refractivity contribution in [3.8, 4) is 0 Å². The largest absolute Gasteiger partial charge is 0.394 e. The van der Waals surface area contributed by atoms with Gasteiger partial charge in [-0.3, -0.25) is 14.5 Å². The van der Waals surface area contributed by atoms with Gasteiger partial charge in [0.1, 0.15) is 0 Å². The van der Waals surface area contributed by atoms with Gasteiger partial charge in [-0.15, -0.1) is 0 Å². The van der Waals surface area contributed by atoms with Crippen LogP contribution in [0, 0.1) is 8.98 Å². The Bertz CT molecular complexity index is 383. The molecule has 0 aliphatic heterocycles. The summed E-state index contributed by atoms with van der Waals surface area (Å²) in [7, 11) is -4.67. The smallest absolute Gasteiger partial charge is 0.370 e. The number of nitrogens with one attached hydrogen (secondary N) is 1. The van der Waals surface area contributed by atoms with Crippen LogP contribution >= 0.6 is 22.6 Å². The molecule has 0 aromatic heterocycles. The molecule has 1 aromatic carbocycles. The third-order valence-electron chi connectivity index (χ3n) is 0.733. The van der Waals surface area contributed by atoms with E-state index < -0.39 is 10.4 Å². The lowest BCUT2D eigenvalue weighted by molar-refractivity contribution is 0.381. The average Bonchev–Trinajstić information content (AvgIpc) is 2.00. The van der Waals surface area contributed by atoms with Crippen LogP contribution in [0.15, 0.2) is 30.3 Å². The fraction of sp³-hybridized carbons (Fsp3) is 0. The maximum Gasteiger partial charge on any atom is 0.394 e. The number of rotatable bonds is 0. The lowest BCUT2D eigenvalue weighted by atomic mass is 10.4. The Morgan fingerprint density at radius 2 is 1.44 bits per heavy atom. The van der Waals surface area contributed by atoms with Crippen LogP contribution in [-0.4, -0.2) is 23.5 Å². The van der Waals surface area contributed by atoms with E-state index in [1.807, 2.05) is 18.2 Å². The molecule has 9 heteroatoms. The van der Waals surface area contributed by atoms with E-state index in [0.29, 0.717) is 0 Å². The summed E-state index contributed by atoms with van der Waals surface area (Å²) in [6.07, 6.45) is 0. The highest BCUT2D eigenvalue weighted by Crippen LogP contribution is 1.99. The minimum absolute atomic E-state index is 0.333. The first-order valence-corrected chi connectivity index (χ1v) is 6.10. The van der Waals surface area contributed by atoms with Crippen molar-refractivity contribution in [2.45, 2.75) is 0 Å². The van der Waals surface area contributed by atoms with Crippen LogP contribution < -0.4 is 11.5 Å². The van der Waals surface area contributed by atoms with Crippen LogP contribution in [0.2, 0.25) is 0 Å². The summed E-state index contributed by atoms with van der Waals surface area (Å²) in [6.45, 7) is 0. The average molecular weight is 361 g/mol. The normalized spacial score (nSPS) is 8.94. The third kappa shape index (κ3) is 38.1. The van der Waals surface area contributed by atoms with Gasteiger partial charge in [-0.2, -0.15) is 8.42 Å². The molecule has 92 valence electrons. The zero-order chi connectivity index (χ0) is 13.2. The van der Waals surface area contributed by atoms with Gasteiger partial charge in [0.15, 0.2) is 5.96 Å². The summed E-state index contributed by atoms with van der Waals surface area (Å²) in [6, 6.07) is 10.2. The van der Waals surface area contributed by atoms with E-state index in [9.17, 15) is 0 Å². The van der Waals surface area contributed by atoms with Crippen LogP contribution in [0.3, 0.4) is 0 Å². The molecule has 0 amide bonds. The topological polar surface area (TPSA) is 150 Å². The zero-order valence-corrected chi connectivity index (χ0v) is 11.0. The second-order valence-electron chi connectivity index (χ2n) is 2.20. The summed E-state index contributed by atoms with van der Waals surface area (Å²) in [5, 5.41) is 6.06. The minimum Gasteiger partial charge on any atom is -0.370 e. The minimum atomic E-state index is -4.67. The summed E-state index contributed by atoms with van der Waals surface area (Å²) < 4.78 is 32.9. The van der Waals surface area contributed by atoms with Crippen LogP contribution in [0.1, 0.15) is 0 Å². The summed E-state index contributed by atoms with van der Waals surface area (Å²) in [4.78, 5) is 0. The van der Waals surface area contributed by atoms with Crippen molar-refractivity contribution in [1.29, 1.82) is 5.41 Å². The van der Waals surface area contributed by atoms with E-state index in [0.717, 1.165) is 0 Å². The molecule has 0 spiro atoms. The van der Waals surface area contributed by atoms with E-state index in [-0.39, 0.29) is 5.96 Å². The molecule has 16 heavy (non-hydrogen) atoms. The van der Waals surface area contributed by atoms with Crippen molar-refractivity contribution in [3.63, 3.8) is 0 Å². The Hall–Kier alpha value is -0.910. The maximum atomic E-state index is 8.74. The van der Waals surface area contributed by atoms with E-state index >= 15 is 0 Å². The van der Waals surface area contributed by atoms with Crippen LogP contribution in [-0.2, 0) is 10.4 Å². The maximum absolute atomic E-state index is 8.74. The standard InChI is InChI=1S/C6H5I.CH5N3.H2O4S/c7-6-4-2-1-3-5-6;2-1(3)4;1-5(2,3)4/h1-5H;(H5,2,3,4);(H2,1,2,3,4). The molecule has 7 N–H and O–H groups in total. The van der Waals surface area contributed by atoms with Gasteiger partial charge in [0.25, 0.3) is 0 Å². The summed E-state index contributed by atoms with van der Waals surface area (Å²) in [5.74, 6) is -0.333. The Labute approximate surface area is 107 Å². The van der Waals surface area contributed by atoms with Crippen molar-refractivity contribution >= 4 is 38.9 Å². The zero-order valence-electron chi connectivity index (χ0n) is 8.04. The van der Waals surface area contributed by atoms with E-state index in [2.05, 4.69) is 46.2 Å². The Balaban J connectivity index is 0. The molecular weight excluding hydrogens is 349 g/mol. The Morgan fingerprint density at radius 1 is 1.19 bits per heavy atom. The van der Waals surface area contributed by atoms with Crippen molar-refractivity contribution in [2.24, 2.45) is 11.5 Å². The highest BCUT2D eigenvalue weighted by Gasteiger charge is 1.84. The summed E-state index contributed by atoms with van der Waals surface area (Å²) in [5.41, 5.74) is 8.94. The van der Waals surface area contributed by atoms with E-state index in [4.69, 9.17) is 22.9 Å². The highest BCUT2D eigenvalue weighted by atomic mass is 127. The van der Waals surface area contributed by atoms with Crippen molar-refractivity contribution < 1.29 is 17.5 Å². The van der Waals surface area contributed by atoms with Gasteiger partial charge < -0.3 is 11.5 Å². The molecule has 1 rings (SSSR count). The Kier molecular flexibility index (Phi) is 10.2. The van der Waals surface area contributed by atoms with Crippen molar-refractivity contribution in [2.75, 3.05) is 0 Å². The molecule has 0 radical (unpaired) electrons. The van der Waals surface area contributed by atoms with Gasteiger partial charge in [0.05, 0.1) is 0 Å². The molecule has 0 bridgehead atoms. The molecule has 0 saturated heterocycles. The predicted molar refractivity (Wildman–Crippen MR) is 69.4 cm³/mol. The predicted octanol–water partition coefficient (Wildman–Crippen LogP) is 0.477. The van der Waals surface area contributed by atoms with Gasteiger partial charge in [0.2, 0.25) is 0 Å². The van der Waals surface area contributed by atoms with Crippen LogP contribution in [0.4, 0.5) is 0 Å². The number of halogens is 1. The quantitative estimate of drug-likeness (QED) is 0.196. The molecule has 0 aliphatic rings. The number of benzene rings is 1. The monoisotopic (exact) mass is 361 g/mol. The number of hydrogen-bond acceptors (Lipinski definition) is 3. The first-order chi connectivity index (χ1) is 7.13. The molecule has 0 fully saturated rings. The highest BCUT2D eigenvalue weighted by molar-refractivity contribution is 14.1. The van der Waals surface area contributed by atoms with Gasteiger partial charge in [0, 0.05) is 3.57 Å². The molecule has 1 aromatic rings. The first kappa shape index (κ1) is 17.5. The molecule has 0 heterocycles. The van der Waals surface area contributed by atoms with Crippen molar-refractivity contribution in [3.05, 3.63) is 33.9 Å². The van der Waals surface area contributed by atoms with Crippen molar-refractivity contribution in [1.82, 2.24) is 0 Å². The summed E-state index contributed by atoms with van der Waals surface area (Å²) >= 11 is 2.28. The van der Waals surface area contributed by atoms with E-state index in [1.165, 1.54) is 3.57 Å². The van der Waals surface area contributed by atoms with Gasteiger partial charge in [-0.1, -0.05) is 18.2 Å². The number of guanidine groups is 1. The van der Waals surface area contributed by atoms with Gasteiger partial charge >= 0.3 is 10.4 Å². The second-order valence-corrected chi connectivity index (χ2v) is 4.34. The molecule has 0 saturated carbocycles. The first-order valence-electron chi connectivity index (χ1n) is 3.63. The lowest BCUT2D eigenvalue weighted by Crippen LogP contribution is -2.20. The van der Waals surface area contributed by atoms with Crippen LogP contribution in [0.5, 0.6) is 0 Å². The van der Waals surface area contributed by atoms with Crippen LogP contribution in [0.25, 0.3) is 0 Å².